The molecule has 0 spiro atoms. The van der Waals surface area contributed by atoms with E-state index < -0.39 is 23.3 Å². The van der Waals surface area contributed by atoms with Crippen LogP contribution in [-0.2, 0) is 6.18 Å². The normalized spacial score (nSPS) is 11.1. The molecule has 0 saturated heterocycles. The Balaban J connectivity index is 2.53. The van der Waals surface area contributed by atoms with Crippen LogP contribution in [0.3, 0.4) is 0 Å². The van der Waals surface area contributed by atoms with Gasteiger partial charge in [0.25, 0.3) is 0 Å². The summed E-state index contributed by atoms with van der Waals surface area (Å²) in [7, 11) is 0. The van der Waals surface area contributed by atoms with E-state index in [1.54, 1.807) is 0 Å². The second kappa shape index (κ2) is 4.70. The maximum absolute atomic E-state index is 12.7. The maximum atomic E-state index is 12.7. The van der Waals surface area contributed by atoms with Crippen molar-refractivity contribution >= 4 is 5.97 Å². The highest BCUT2D eigenvalue weighted by Gasteiger charge is 2.37. The van der Waals surface area contributed by atoms with Gasteiger partial charge in [0.15, 0.2) is 0 Å². The smallest absolute Gasteiger partial charge is 0.418 e. The molecule has 0 unspecified atom stereocenters. The number of pyridine rings is 1. The van der Waals surface area contributed by atoms with Crippen LogP contribution >= 0.6 is 0 Å². The molecule has 0 atom stereocenters. The van der Waals surface area contributed by atoms with Crippen LogP contribution in [0.5, 0.6) is 0 Å². The molecule has 0 aliphatic carbocycles. The van der Waals surface area contributed by atoms with Gasteiger partial charge in [-0.1, -0.05) is 0 Å². The summed E-state index contributed by atoms with van der Waals surface area (Å²) in [6, 6.07) is 4.51. The van der Waals surface area contributed by atoms with E-state index in [-0.39, 0.29) is 11.4 Å². The van der Waals surface area contributed by atoms with Crippen molar-refractivity contribution in [3.05, 3.63) is 47.4 Å². The fourth-order valence-corrected chi connectivity index (χ4v) is 1.59. The van der Waals surface area contributed by atoms with Crippen molar-refractivity contribution in [1.29, 1.82) is 5.26 Å². The Morgan fingerprint density at radius 3 is 2.45 bits per heavy atom. The van der Waals surface area contributed by atoms with E-state index in [0.717, 1.165) is 10.8 Å². The van der Waals surface area contributed by atoms with Gasteiger partial charge in [0.2, 0.25) is 0 Å². The van der Waals surface area contributed by atoms with Crippen molar-refractivity contribution in [2.75, 3.05) is 0 Å². The molecule has 0 fully saturated rings. The third kappa shape index (κ3) is 2.47. The number of nitriles is 1. The summed E-state index contributed by atoms with van der Waals surface area (Å²) in [6.45, 7) is 0. The van der Waals surface area contributed by atoms with Gasteiger partial charge in [-0.2, -0.15) is 18.4 Å². The number of nitrogens with zero attached hydrogens (tertiary/aromatic N) is 3. The van der Waals surface area contributed by atoms with Crippen molar-refractivity contribution in [1.82, 2.24) is 9.55 Å². The average molecular weight is 281 g/mol. The Bertz CT molecular complexity index is 696. The second-order valence-corrected chi connectivity index (χ2v) is 3.81. The van der Waals surface area contributed by atoms with Crippen LogP contribution in [0.25, 0.3) is 5.82 Å². The van der Waals surface area contributed by atoms with Crippen molar-refractivity contribution in [2.24, 2.45) is 0 Å². The molecular weight excluding hydrogens is 275 g/mol. The molecule has 0 aliphatic heterocycles. The van der Waals surface area contributed by atoms with Gasteiger partial charge in [-0.3, -0.25) is 0 Å². The topological polar surface area (TPSA) is 78.9 Å². The third-order valence-electron chi connectivity index (χ3n) is 2.50. The molecule has 0 bridgehead atoms. The van der Waals surface area contributed by atoms with Gasteiger partial charge < -0.3 is 9.67 Å². The number of carbonyl (C=O) groups is 1. The summed E-state index contributed by atoms with van der Waals surface area (Å²) in [5, 5.41) is 17.4. The first kappa shape index (κ1) is 13.6. The van der Waals surface area contributed by atoms with E-state index in [9.17, 15) is 18.0 Å². The SMILES string of the molecule is N#Cc1ccc(-n2cc(C(=O)O)c(C(F)(F)F)c2)nc1. The second-order valence-electron chi connectivity index (χ2n) is 3.81. The van der Waals surface area contributed by atoms with E-state index in [4.69, 9.17) is 10.4 Å². The van der Waals surface area contributed by atoms with Crippen LogP contribution in [0.4, 0.5) is 13.2 Å². The Hall–Kier alpha value is -2.82. The molecule has 0 radical (unpaired) electrons. The standard InChI is InChI=1S/C12H6F3N3O2/c13-12(14,15)9-6-18(5-8(9)11(19)20)10-2-1-7(3-16)4-17-10/h1-2,4-6H,(H,19,20). The molecule has 2 rings (SSSR count). The quantitative estimate of drug-likeness (QED) is 0.917. The Labute approximate surface area is 110 Å². The zero-order chi connectivity index (χ0) is 14.9. The predicted molar refractivity (Wildman–Crippen MR) is 60.2 cm³/mol. The number of carboxylic acids is 1. The van der Waals surface area contributed by atoms with Crippen LogP contribution in [0.1, 0.15) is 21.5 Å². The Morgan fingerprint density at radius 2 is 2.05 bits per heavy atom. The van der Waals surface area contributed by atoms with Gasteiger partial charge in [0.1, 0.15) is 11.9 Å². The fourth-order valence-electron chi connectivity index (χ4n) is 1.59. The highest BCUT2D eigenvalue weighted by atomic mass is 19.4. The summed E-state index contributed by atoms with van der Waals surface area (Å²) < 4.78 is 39.1. The van der Waals surface area contributed by atoms with E-state index in [2.05, 4.69) is 4.98 Å². The van der Waals surface area contributed by atoms with Gasteiger partial charge in [-0.05, 0) is 12.1 Å². The third-order valence-corrected chi connectivity index (χ3v) is 2.50. The maximum Gasteiger partial charge on any atom is 0.418 e. The summed E-state index contributed by atoms with van der Waals surface area (Å²) in [5.74, 6) is -1.59. The van der Waals surface area contributed by atoms with E-state index in [1.807, 2.05) is 6.07 Å². The van der Waals surface area contributed by atoms with Gasteiger partial charge in [-0.15, -0.1) is 0 Å². The zero-order valence-corrected chi connectivity index (χ0v) is 9.72. The Morgan fingerprint density at radius 1 is 1.35 bits per heavy atom. The van der Waals surface area contributed by atoms with Crippen molar-refractivity contribution in [3.63, 3.8) is 0 Å². The molecule has 20 heavy (non-hydrogen) atoms. The molecule has 0 amide bonds. The van der Waals surface area contributed by atoms with Crippen LogP contribution in [0.15, 0.2) is 30.7 Å². The van der Waals surface area contributed by atoms with Crippen LogP contribution < -0.4 is 0 Å². The lowest BCUT2D eigenvalue weighted by Gasteiger charge is -2.04. The summed E-state index contributed by atoms with van der Waals surface area (Å²) in [6.07, 6.45) is -2.11. The lowest BCUT2D eigenvalue weighted by Crippen LogP contribution is -2.09. The molecule has 0 aromatic carbocycles. The molecule has 5 nitrogen and oxygen atoms in total. The summed E-state index contributed by atoms with van der Waals surface area (Å²) in [4.78, 5) is 14.6. The van der Waals surface area contributed by atoms with E-state index in [0.29, 0.717) is 6.20 Å². The van der Waals surface area contributed by atoms with Crippen molar-refractivity contribution in [3.8, 4) is 11.9 Å². The van der Waals surface area contributed by atoms with Crippen molar-refractivity contribution in [2.45, 2.75) is 6.18 Å². The number of hydrogen-bond acceptors (Lipinski definition) is 3. The minimum Gasteiger partial charge on any atom is -0.478 e. The lowest BCUT2D eigenvalue weighted by molar-refractivity contribution is -0.138. The predicted octanol–water partition coefficient (Wildman–Crippen LogP) is 2.46. The van der Waals surface area contributed by atoms with Gasteiger partial charge in [0, 0.05) is 18.6 Å². The molecule has 102 valence electrons. The number of rotatable bonds is 2. The molecule has 2 heterocycles. The minimum absolute atomic E-state index is 0.0852. The first-order chi connectivity index (χ1) is 9.32. The van der Waals surface area contributed by atoms with Crippen LogP contribution in [0, 0.1) is 11.3 Å². The largest absolute Gasteiger partial charge is 0.478 e. The van der Waals surface area contributed by atoms with Crippen LogP contribution in [-0.4, -0.2) is 20.6 Å². The molecule has 2 aromatic rings. The molecule has 1 N–H and O–H groups in total. The fraction of sp³-hybridized carbons (Fsp3) is 0.0833. The highest BCUT2D eigenvalue weighted by molar-refractivity contribution is 5.89. The zero-order valence-electron chi connectivity index (χ0n) is 9.72. The number of hydrogen-bond donors (Lipinski definition) is 1. The highest BCUT2D eigenvalue weighted by Crippen LogP contribution is 2.33. The van der Waals surface area contributed by atoms with Gasteiger partial charge in [-0.25, -0.2) is 9.78 Å². The number of aromatic nitrogens is 2. The number of carboxylic acid groups (broad SMARTS) is 1. The number of halogens is 3. The van der Waals surface area contributed by atoms with Gasteiger partial charge in [0.05, 0.1) is 16.7 Å². The Kier molecular flexibility index (Phi) is 3.19. The van der Waals surface area contributed by atoms with Gasteiger partial charge >= 0.3 is 12.1 Å². The molecule has 0 aliphatic rings. The minimum atomic E-state index is -4.77. The number of aromatic carboxylic acids is 1. The molecule has 2 aromatic heterocycles. The molecular formula is C12H6F3N3O2. The van der Waals surface area contributed by atoms with Crippen LogP contribution in [0.2, 0.25) is 0 Å². The van der Waals surface area contributed by atoms with E-state index >= 15 is 0 Å². The first-order valence-corrected chi connectivity index (χ1v) is 5.22. The average Bonchev–Trinajstić information content (AvgIpc) is 2.84. The monoisotopic (exact) mass is 281 g/mol. The summed E-state index contributed by atoms with van der Waals surface area (Å²) in [5.41, 5.74) is -1.87. The van der Waals surface area contributed by atoms with Crippen molar-refractivity contribution < 1.29 is 23.1 Å². The van der Waals surface area contributed by atoms with E-state index in [1.165, 1.54) is 18.3 Å². The molecule has 0 saturated carbocycles. The lowest BCUT2D eigenvalue weighted by atomic mass is 10.2. The number of alkyl halides is 3. The molecule has 8 heteroatoms. The first-order valence-electron chi connectivity index (χ1n) is 5.22. The summed E-state index contributed by atoms with van der Waals surface area (Å²) >= 11 is 0.